The molecule has 0 radical (unpaired) electrons. The number of carbonyl (C=O) groups excluding carboxylic acids is 2. The van der Waals surface area contributed by atoms with Gasteiger partial charge in [0.2, 0.25) is 5.91 Å². The van der Waals surface area contributed by atoms with Crippen molar-refractivity contribution in [3.05, 3.63) is 65.7 Å². The van der Waals surface area contributed by atoms with Gasteiger partial charge in [-0.2, -0.15) is 0 Å². The maximum atomic E-state index is 12.2. The maximum Gasteiger partial charge on any atom is 0.251 e. The van der Waals surface area contributed by atoms with Crippen LogP contribution in [0, 0.1) is 0 Å². The highest BCUT2D eigenvalue weighted by Gasteiger charge is 2.15. The Morgan fingerprint density at radius 1 is 1.08 bits per heavy atom. The van der Waals surface area contributed by atoms with Crippen molar-refractivity contribution in [1.82, 2.24) is 5.32 Å². The molecule has 0 saturated carbocycles. The second kappa shape index (κ2) is 10.5. The van der Waals surface area contributed by atoms with Gasteiger partial charge in [0.1, 0.15) is 0 Å². The van der Waals surface area contributed by atoms with Crippen molar-refractivity contribution < 1.29 is 9.59 Å². The first-order valence-electron chi connectivity index (χ1n) is 8.08. The fraction of sp³-hybridized carbons (Fsp3) is 0.263. The van der Waals surface area contributed by atoms with Crippen LogP contribution in [0.2, 0.25) is 0 Å². The van der Waals surface area contributed by atoms with Crippen LogP contribution >= 0.6 is 12.4 Å². The molecule has 0 aliphatic rings. The SMILES string of the molecule is CCCNC(=O)c1cccc(NC(=O)[C@@H](N)Cc2ccccc2)c1.Cl. The zero-order valence-electron chi connectivity index (χ0n) is 14.2. The Bertz CT molecular complexity index is 692. The van der Waals surface area contributed by atoms with E-state index in [1.165, 1.54) is 0 Å². The fourth-order valence-corrected chi connectivity index (χ4v) is 2.27. The Kier molecular flexibility index (Phi) is 8.67. The number of anilines is 1. The van der Waals surface area contributed by atoms with Crippen molar-refractivity contribution >= 4 is 29.9 Å². The van der Waals surface area contributed by atoms with Gasteiger partial charge in [-0.05, 0) is 36.6 Å². The van der Waals surface area contributed by atoms with Gasteiger partial charge in [0, 0.05) is 17.8 Å². The predicted molar refractivity (Wildman–Crippen MR) is 103 cm³/mol. The van der Waals surface area contributed by atoms with E-state index in [1.54, 1.807) is 24.3 Å². The Morgan fingerprint density at radius 3 is 2.48 bits per heavy atom. The molecule has 0 unspecified atom stereocenters. The van der Waals surface area contributed by atoms with Crippen LogP contribution in [0.1, 0.15) is 29.3 Å². The summed E-state index contributed by atoms with van der Waals surface area (Å²) in [6.07, 6.45) is 1.33. The molecule has 2 amide bonds. The number of amides is 2. The third-order valence-electron chi connectivity index (χ3n) is 3.56. The lowest BCUT2D eigenvalue weighted by Crippen LogP contribution is -2.37. The van der Waals surface area contributed by atoms with E-state index < -0.39 is 6.04 Å². The highest BCUT2D eigenvalue weighted by molar-refractivity contribution is 5.98. The van der Waals surface area contributed by atoms with Gasteiger partial charge in [-0.1, -0.05) is 43.3 Å². The van der Waals surface area contributed by atoms with Crippen LogP contribution in [0.3, 0.4) is 0 Å². The van der Waals surface area contributed by atoms with Crippen molar-refractivity contribution in [2.24, 2.45) is 5.73 Å². The van der Waals surface area contributed by atoms with Gasteiger partial charge in [-0.15, -0.1) is 12.4 Å². The number of hydrogen-bond acceptors (Lipinski definition) is 3. The summed E-state index contributed by atoms with van der Waals surface area (Å²) >= 11 is 0. The summed E-state index contributed by atoms with van der Waals surface area (Å²) in [5, 5.41) is 5.58. The van der Waals surface area contributed by atoms with Gasteiger partial charge in [-0.3, -0.25) is 9.59 Å². The zero-order valence-corrected chi connectivity index (χ0v) is 15.0. The molecule has 2 rings (SSSR count). The monoisotopic (exact) mass is 361 g/mol. The van der Waals surface area contributed by atoms with Crippen LogP contribution in [0.25, 0.3) is 0 Å². The summed E-state index contributed by atoms with van der Waals surface area (Å²) in [4.78, 5) is 24.2. The largest absolute Gasteiger partial charge is 0.352 e. The first-order chi connectivity index (χ1) is 11.6. The van der Waals surface area contributed by atoms with E-state index in [1.807, 2.05) is 37.3 Å². The number of hydrogen-bond donors (Lipinski definition) is 3. The molecule has 5 nitrogen and oxygen atoms in total. The number of nitrogens with one attached hydrogen (secondary N) is 2. The summed E-state index contributed by atoms with van der Waals surface area (Å²) in [7, 11) is 0. The van der Waals surface area contributed by atoms with E-state index in [4.69, 9.17) is 5.73 Å². The maximum absolute atomic E-state index is 12.2. The van der Waals surface area contributed by atoms with Gasteiger partial charge in [-0.25, -0.2) is 0 Å². The van der Waals surface area contributed by atoms with Crippen LogP contribution < -0.4 is 16.4 Å². The lowest BCUT2D eigenvalue weighted by molar-refractivity contribution is -0.117. The van der Waals surface area contributed by atoms with E-state index in [-0.39, 0.29) is 24.2 Å². The van der Waals surface area contributed by atoms with Crippen molar-refractivity contribution in [3.8, 4) is 0 Å². The molecule has 25 heavy (non-hydrogen) atoms. The minimum atomic E-state index is -0.648. The highest BCUT2D eigenvalue weighted by Crippen LogP contribution is 2.12. The molecular weight excluding hydrogens is 338 g/mol. The first kappa shape index (κ1) is 20.7. The predicted octanol–water partition coefficient (Wildman–Crippen LogP) is 2.76. The molecule has 6 heteroatoms. The van der Waals surface area contributed by atoms with Gasteiger partial charge in [0.25, 0.3) is 5.91 Å². The van der Waals surface area contributed by atoms with Crippen LogP contribution in [0.15, 0.2) is 54.6 Å². The standard InChI is InChI=1S/C19H23N3O2.ClH/c1-2-11-21-18(23)15-9-6-10-16(13-15)22-19(24)17(20)12-14-7-4-3-5-8-14;/h3-10,13,17H,2,11-12,20H2,1H3,(H,21,23)(H,22,24);1H/t17-;/m0./s1. The van der Waals surface area contributed by atoms with Crippen molar-refractivity contribution in [3.63, 3.8) is 0 Å². The van der Waals surface area contributed by atoms with Gasteiger partial charge in [0.05, 0.1) is 6.04 Å². The molecule has 0 saturated heterocycles. The molecule has 2 aromatic carbocycles. The Balaban J connectivity index is 0.00000312. The fourth-order valence-electron chi connectivity index (χ4n) is 2.27. The van der Waals surface area contributed by atoms with E-state index in [2.05, 4.69) is 10.6 Å². The third kappa shape index (κ3) is 6.57. The summed E-state index contributed by atoms with van der Waals surface area (Å²) in [5.74, 6) is -0.425. The second-order valence-electron chi connectivity index (χ2n) is 5.62. The molecule has 0 spiro atoms. The minimum absolute atomic E-state index is 0. The number of nitrogens with two attached hydrogens (primary N) is 1. The normalized spacial score (nSPS) is 11.1. The molecule has 0 heterocycles. The molecule has 1 atom stereocenters. The smallest absolute Gasteiger partial charge is 0.251 e. The van der Waals surface area contributed by atoms with Crippen molar-refractivity contribution in [1.29, 1.82) is 0 Å². The Morgan fingerprint density at radius 2 is 1.80 bits per heavy atom. The minimum Gasteiger partial charge on any atom is -0.352 e. The van der Waals surface area contributed by atoms with Crippen LogP contribution in [0.4, 0.5) is 5.69 Å². The van der Waals surface area contributed by atoms with E-state index in [9.17, 15) is 9.59 Å². The van der Waals surface area contributed by atoms with E-state index in [0.717, 1.165) is 12.0 Å². The van der Waals surface area contributed by atoms with Crippen molar-refractivity contribution in [2.75, 3.05) is 11.9 Å². The summed E-state index contributed by atoms with van der Waals surface area (Å²) < 4.78 is 0. The van der Waals surface area contributed by atoms with Gasteiger partial charge in [0.15, 0.2) is 0 Å². The molecule has 134 valence electrons. The zero-order chi connectivity index (χ0) is 17.4. The second-order valence-corrected chi connectivity index (χ2v) is 5.62. The average molecular weight is 362 g/mol. The quantitative estimate of drug-likeness (QED) is 0.709. The van der Waals surface area contributed by atoms with Crippen LogP contribution in [0.5, 0.6) is 0 Å². The molecular formula is C19H24ClN3O2. The molecule has 0 aliphatic carbocycles. The molecule has 0 aromatic heterocycles. The lowest BCUT2D eigenvalue weighted by atomic mass is 10.1. The topological polar surface area (TPSA) is 84.2 Å². The highest BCUT2D eigenvalue weighted by atomic mass is 35.5. The Hall–Kier alpha value is -2.37. The number of benzene rings is 2. The molecule has 4 N–H and O–H groups in total. The summed E-state index contributed by atoms with van der Waals surface area (Å²) in [6.45, 7) is 2.61. The lowest BCUT2D eigenvalue weighted by Gasteiger charge is -2.13. The van der Waals surface area contributed by atoms with Crippen molar-refractivity contribution in [2.45, 2.75) is 25.8 Å². The molecule has 2 aromatic rings. The summed E-state index contributed by atoms with van der Waals surface area (Å²) in [5.41, 5.74) is 8.05. The third-order valence-corrected chi connectivity index (χ3v) is 3.56. The average Bonchev–Trinajstić information content (AvgIpc) is 2.60. The van der Waals surface area contributed by atoms with Gasteiger partial charge < -0.3 is 16.4 Å². The molecule has 0 aliphatic heterocycles. The summed E-state index contributed by atoms with van der Waals surface area (Å²) in [6, 6.07) is 15.8. The number of rotatable bonds is 7. The number of halogens is 1. The number of carbonyl (C=O) groups is 2. The van der Waals surface area contributed by atoms with Gasteiger partial charge >= 0.3 is 0 Å². The van der Waals surface area contributed by atoms with Crippen LogP contribution in [-0.4, -0.2) is 24.4 Å². The first-order valence-corrected chi connectivity index (χ1v) is 8.08. The molecule has 0 fully saturated rings. The van der Waals surface area contributed by atoms with E-state index >= 15 is 0 Å². The molecule has 0 bridgehead atoms. The Labute approximate surface area is 154 Å². The van der Waals surface area contributed by atoms with Crippen LogP contribution in [-0.2, 0) is 11.2 Å². The van der Waals surface area contributed by atoms with E-state index in [0.29, 0.717) is 24.2 Å².